The van der Waals surface area contributed by atoms with Gasteiger partial charge in [-0.25, -0.2) is 4.98 Å². The minimum absolute atomic E-state index is 0.151. The Kier molecular flexibility index (Phi) is 3.07. The third kappa shape index (κ3) is 2.56. The number of aromatic nitrogens is 2. The second kappa shape index (κ2) is 4.72. The summed E-state index contributed by atoms with van der Waals surface area (Å²) >= 11 is 0. The van der Waals surface area contributed by atoms with E-state index in [1.807, 2.05) is 19.4 Å². The third-order valence-electron chi connectivity index (χ3n) is 3.86. The van der Waals surface area contributed by atoms with Crippen LogP contribution in [0.3, 0.4) is 0 Å². The third-order valence-corrected chi connectivity index (χ3v) is 3.86. The lowest BCUT2D eigenvalue weighted by molar-refractivity contribution is -0.123. The second-order valence-electron chi connectivity index (χ2n) is 5.45. The number of fused-ring (bicyclic) bond motifs is 1. The highest BCUT2D eigenvalue weighted by Crippen LogP contribution is 2.24. The van der Waals surface area contributed by atoms with Crippen LogP contribution in [-0.4, -0.2) is 46.0 Å². The van der Waals surface area contributed by atoms with Crippen molar-refractivity contribution in [3.63, 3.8) is 0 Å². The number of imidazole rings is 1. The molecule has 1 aromatic heterocycles. The molecule has 1 aliphatic heterocycles. The maximum Gasteiger partial charge on any atom is 0.234 e. The highest BCUT2D eigenvalue weighted by molar-refractivity contribution is 5.78. The molecule has 1 aromatic rings. The van der Waals surface area contributed by atoms with Crippen LogP contribution in [0.1, 0.15) is 25.1 Å². The number of aryl methyl sites for hydroxylation is 1. The molecule has 3 rings (SSSR count). The lowest BCUT2D eigenvalue weighted by Gasteiger charge is -2.25. The fourth-order valence-electron chi connectivity index (χ4n) is 2.63. The molecule has 98 valence electrons. The number of hydrogen-bond donors (Lipinski definition) is 1. The van der Waals surface area contributed by atoms with Crippen molar-refractivity contribution in [3.8, 4) is 0 Å². The van der Waals surface area contributed by atoms with Crippen molar-refractivity contribution in [2.45, 2.75) is 44.3 Å². The van der Waals surface area contributed by atoms with E-state index < -0.39 is 0 Å². The van der Waals surface area contributed by atoms with Gasteiger partial charge in [-0.2, -0.15) is 0 Å². The van der Waals surface area contributed by atoms with Crippen molar-refractivity contribution in [1.82, 2.24) is 19.8 Å². The van der Waals surface area contributed by atoms with Gasteiger partial charge >= 0.3 is 0 Å². The monoisotopic (exact) mass is 248 g/mol. The van der Waals surface area contributed by atoms with Crippen LogP contribution in [0.2, 0.25) is 0 Å². The lowest BCUT2D eigenvalue weighted by atomic mass is 10.1. The number of hydrogen-bond acceptors (Lipinski definition) is 3. The molecule has 0 bridgehead atoms. The Morgan fingerprint density at radius 1 is 1.56 bits per heavy atom. The molecule has 18 heavy (non-hydrogen) atoms. The molecule has 0 aromatic carbocycles. The van der Waals surface area contributed by atoms with Crippen LogP contribution in [0.15, 0.2) is 12.4 Å². The van der Waals surface area contributed by atoms with Crippen LogP contribution >= 0.6 is 0 Å². The highest BCUT2D eigenvalue weighted by atomic mass is 16.2. The van der Waals surface area contributed by atoms with Gasteiger partial charge < -0.3 is 9.88 Å². The lowest BCUT2D eigenvalue weighted by Crippen LogP contribution is -2.45. The van der Waals surface area contributed by atoms with Crippen LogP contribution in [0.25, 0.3) is 0 Å². The van der Waals surface area contributed by atoms with Crippen molar-refractivity contribution < 1.29 is 4.79 Å². The fourth-order valence-corrected chi connectivity index (χ4v) is 2.63. The van der Waals surface area contributed by atoms with E-state index in [0.29, 0.717) is 12.6 Å². The Labute approximate surface area is 107 Å². The molecule has 1 aliphatic carbocycles. The average molecular weight is 248 g/mol. The van der Waals surface area contributed by atoms with Gasteiger partial charge in [-0.3, -0.25) is 9.69 Å². The largest absolute Gasteiger partial charge is 0.350 e. The first-order chi connectivity index (χ1) is 8.72. The van der Waals surface area contributed by atoms with Crippen molar-refractivity contribution in [2.24, 2.45) is 0 Å². The summed E-state index contributed by atoms with van der Waals surface area (Å²) in [5.41, 5.74) is 0. The van der Waals surface area contributed by atoms with Crippen molar-refractivity contribution in [3.05, 3.63) is 18.2 Å². The molecule has 2 aliphatic rings. The van der Waals surface area contributed by atoms with Crippen molar-refractivity contribution in [2.75, 3.05) is 13.6 Å². The predicted molar refractivity (Wildman–Crippen MR) is 68.1 cm³/mol. The van der Waals surface area contributed by atoms with Gasteiger partial charge in [0, 0.05) is 37.4 Å². The van der Waals surface area contributed by atoms with E-state index in [4.69, 9.17) is 0 Å². The Morgan fingerprint density at radius 2 is 2.39 bits per heavy atom. The molecule has 1 fully saturated rings. The summed E-state index contributed by atoms with van der Waals surface area (Å²) in [4.78, 5) is 18.4. The second-order valence-corrected chi connectivity index (χ2v) is 5.45. The van der Waals surface area contributed by atoms with E-state index >= 15 is 0 Å². The molecule has 0 spiro atoms. The number of nitrogens with zero attached hydrogens (tertiary/aromatic N) is 3. The molecule has 0 radical (unpaired) electrons. The zero-order valence-electron chi connectivity index (χ0n) is 10.8. The quantitative estimate of drug-likeness (QED) is 0.839. The predicted octanol–water partition coefficient (Wildman–Crippen LogP) is 0.408. The first kappa shape index (κ1) is 11.7. The number of carbonyl (C=O) groups excluding carboxylic acids is 1. The van der Waals surface area contributed by atoms with E-state index in [1.54, 1.807) is 0 Å². The van der Waals surface area contributed by atoms with Crippen LogP contribution in [0, 0.1) is 0 Å². The zero-order valence-corrected chi connectivity index (χ0v) is 10.8. The molecule has 5 nitrogen and oxygen atoms in total. The van der Waals surface area contributed by atoms with Crippen LogP contribution in [-0.2, 0) is 17.8 Å². The summed E-state index contributed by atoms with van der Waals surface area (Å²) in [7, 11) is 2.03. The SMILES string of the molecule is CN(CC(=O)NC1CCc2nccn2C1)C1CC1. The Hall–Kier alpha value is -1.36. The van der Waals surface area contributed by atoms with E-state index in [1.165, 1.54) is 12.8 Å². The summed E-state index contributed by atoms with van der Waals surface area (Å²) in [6, 6.07) is 0.897. The van der Waals surface area contributed by atoms with Gasteiger partial charge in [-0.15, -0.1) is 0 Å². The van der Waals surface area contributed by atoms with Gasteiger partial charge in [-0.05, 0) is 26.3 Å². The van der Waals surface area contributed by atoms with E-state index in [-0.39, 0.29) is 11.9 Å². The van der Waals surface area contributed by atoms with E-state index in [9.17, 15) is 4.79 Å². The summed E-state index contributed by atoms with van der Waals surface area (Å²) in [6.45, 7) is 1.38. The Morgan fingerprint density at radius 3 is 3.17 bits per heavy atom. The van der Waals surface area contributed by atoms with Crippen LogP contribution < -0.4 is 5.32 Å². The molecule has 1 N–H and O–H groups in total. The number of amides is 1. The summed E-state index contributed by atoms with van der Waals surface area (Å²) in [6.07, 6.45) is 8.26. The standard InChI is InChI=1S/C13H20N4O/c1-16(11-3-4-11)9-13(18)15-10-2-5-12-14-6-7-17(12)8-10/h6-7,10-11H,2-5,8-9H2,1H3,(H,15,18). The first-order valence-corrected chi connectivity index (χ1v) is 6.72. The highest BCUT2D eigenvalue weighted by Gasteiger charge is 2.28. The number of rotatable bonds is 4. The summed E-state index contributed by atoms with van der Waals surface area (Å²) in [5.74, 6) is 1.29. The van der Waals surface area contributed by atoms with Gasteiger partial charge in [0.05, 0.1) is 6.54 Å². The first-order valence-electron chi connectivity index (χ1n) is 6.72. The zero-order chi connectivity index (χ0) is 12.5. The van der Waals surface area contributed by atoms with Crippen molar-refractivity contribution in [1.29, 1.82) is 0 Å². The van der Waals surface area contributed by atoms with Crippen molar-refractivity contribution >= 4 is 5.91 Å². The molecule has 1 saturated carbocycles. The minimum Gasteiger partial charge on any atom is -0.350 e. The van der Waals surface area contributed by atoms with E-state index in [2.05, 4.69) is 19.8 Å². The molecule has 1 amide bonds. The Bertz CT molecular complexity index is 438. The normalized spacial score (nSPS) is 22.9. The maximum atomic E-state index is 11.9. The van der Waals surface area contributed by atoms with Gasteiger partial charge in [0.1, 0.15) is 5.82 Å². The smallest absolute Gasteiger partial charge is 0.234 e. The molecule has 5 heteroatoms. The maximum absolute atomic E-state index is 11.9. The average Bonchev–Trinajstić information content (AvgIpc) is 3.08. The topological polar surface area (TPSA) is 50.2 Å². The van der Waals surface area contributed by atoms with Gasteiger partial charge in [0.25, 0.3) is 0 Å². The molecular weight excluding hydrogens is 228 g/mol. The molecular formula is C13H20N4O. The summed E-state index contributed by atoms with van der Waals surface area (Å²) < 4.78 is 2.14. The molecule has 1 unspecified atom stereocenters. The van der Waals surface area contributed by atoms with Gasteiger partial charge in [0.15, 0.2) is 0 Å². The van der Waals surface area contributed by atoms with Crippen LogP contribution in [0.4, 0.5) is 0 Å². The molecule has 1 atom stereocenters. The van der Waals surface area contributed by atoms with Crippen LogP contribution in [0.5, 0.6) is 0 Å². The molecule has 0 saturated heterocycles. The number of nitrogens with one attached hydrogen (secondary N) is 1. The van der Waals surface area contributed by atoms with E-state index in [0.717, 1.165) is 25.2 Å². The Balaban J connectivity index is 1.49. The number of likely N-dealkylation sites (N-methyl/N-ethyl adjacent to an activating group) is 1. The number of carbonyl (C=O) groups is 1. The van der Waals surface area contributed by atoms with Gasteiger partial charge in [0.2, 0.25) is 5.91 Å². The van der Waals surface area contributed by atoms with Gasteiger partial charge in [-0.1, -0.05) is 0 Å². The minimum atomic E-state index is 0.151. The molecule has 2 heterocycles. The fraction of sp³-hybridized carbons (Fsp3) is 0.692. The summed E-state index contributed by atoms with van der Waals surface area (Å²) in [5, 5.41) is 3.13.